The summed E-state index contributed by atoms with van der Waals surface area (Å²) >= 11 is 0. The van der Waals surface area contributed by atoms with Gasteiger partial charge in [0, 0.05) is 67.8 Å². The standard InChI is InChI=1S/C47H73N13O9/c1-9-27(6)33(15-17-39(62)55-35(42(50)64)18-25(2)3)57-46(68)37(20-30-22-51-24-60(30)8)56-40(63)23-53-47(69)41(26(4)5)59-43(65)28(7)54-45(67)36(58-44(66)32(48)14-16-38(49)61)19-29-21-52-34-13-11-10-12-31(29)34/h10-13,21-22,24-28,32-33,35-37,41,52H,9,14-20,23,48H2,1-8H3,(H2,49,61)(H2,50,64)(H,53,69)(H,54,67)(H,55,62)(H,56,63)(H,57,68)(H,58,66)(H,59,65)/t27-,28-,32-,33+,35-,36-,37-,41-/m0/s1. The van der Waals surface area contributed by atoms with Gasteiger partial charge in [0.25, 0.3) is 0 Å². The van der Waals surface area contributed by atoms with Crippen molar-refractivity contribution in [3.8, 4) is 0 Å². The average Bonchev–Trinajstić information content (AvgIpc) is 3.90. The van der Waals surface area contributed by atoms with E-state index in [1.807, 2.05) is 52.0 Å². The van der Waals surface area contributed by atoms with Gasteiger partial charge in [0.15, 0.2) is 0 Å². The number of carbonyl (C=O) groups is 9. The van der Waals surface area contributed by atoms with E-state index in [1.54, 1.807) is 44.2 Å². The van der Waals surface area contributed by atoms with E-state index < -0.39 is 102 Å². The number of rotatable bonds is 29. The van der Waals surface area contributed by atoms with E-state index in [0.29, 0.717) is 24.1 Å². The van der Waals surface area contributed by atoms with Gasteiger partial charge in [-0.2, -0.15) is 0 Å². The van der Waals surface area contributed by atoms with Crippen molar-refractivity contribution in [2.24, 2.45) is 42.0 Å². The third-order valence-electron chi connectivity index (χ3n) is 11.9. The normalized spacial score (nSPS) is 14.8. The molecule has 380 valence electrons. The summed E-state index contributed by atoms with van der Waals surface area (Å²) < 4.78 is 1.70. The number of aromatic amines is 1. The van der Waals surface area contributed by atoms with Crippen LogP contribution in [0, 0.1) is 17.8 Å². The van der Waals surface area contributed by atoms with Gasteiger partial charge in [-0.1, -0.05) is 66.2 Å². The SMILES string of the molecule is CC[C@H](C)[C@@H](CCC(=O)N[C@@H](CC(C)C)C(N)=O)NC(=O)[C@H](Cc1cncn1C)NC(=O)CNC(=O)[C@@H](NC(=O)[C@H](C)NC(=O)[C@H](Cc1c[nH]c2ccccc12)NC(=O)[C@@H](N)CCC(N)=O)C(C)C. The molecule has 69 heavy (non-hydrogen) atoms. The highest BCUT2D eigenvalue weighted by Crippen LogP contribution is 2.20. The Morgan fingerprint density at radius 1 is 0.725 bits per heavy atom. The number of nitrogens with one attached hydrogen (secondary N) is 8. The largest absolute Gasteiger partial charge is 0.370 e. The molecule has 8 atom stereocenters. The molecule has 0 radical (unpaired) electrons. The Labute approximate surface area is 402 Å². The fourth-order valence-corrected chi connectivity index (χ4v) is 7.49. The van der Waals surface area contributed by atoms with Crippen molar-refractivity contribution in [1.29, 1.82) is 0 Å². The molecule has 0 aliphatic carbocycles. The quantitative estimate of drug-likeness (QED) is 0.0415. The lowest BCUT2D eigenvalue weighted by atomic mass is 9.94. The van der Waals surface area contributed by atoms with Gasteiger partial charge in [-0.3, -0.25) is 43.2 Å². The number of nitrogens with zero attached hydrogens (tertiary/aromatic N) is 2. The van der Waals surface area contributed by atoms with Crippen LogP contribution in [0.4, 0.5) is 0 Å². The van der Waals surface area contributed by atoms with E-state index in [4.69, 9.17) is 17.2 Å². The van der Waals surface area contributed by atoms with Crippen LogP contribution in [0.3, 0.4) is 0 Å². The molecule has 0 saturated carbocycles. The predicted octanol–water partition coefficient (Wildman–Crippen LogP) is -0.662. The van der Waals surface area contributed by atoms with Crippen LogP contribution in [-0.4, -0.2) is 117 Å². The first-order chi connectivity index (χ1) is 32.5. The number of H-pyrrole nitrogens is 1. The zero-order chi connectivity index (χ0) is 51.5. The van der Waals surface area contributed by atoms with Gasteiger partial charge < -0.3 is 64.0 Å². The monoisotopic (exact) mass is 964 g/mol. The molecule has 22 heteroatoms. The van der Waals surface area contributed by atoms with Gasteiger partial charge >= 0.3 is 0 Å². The van der Waals surface area contributed by atoms with Crippen molar-refractivity contribution >= 4 is 64.1 Å². The van der Waals surface area contributed by atoms with Crippen LogP contribution in [-0.2, 0) is 63.0 Å². The minimum atomic E-state index is -1.21. The number of aromatic nitrogens is 3. The third kappa shape index (κ3) is 18.3. The first-order valence-corrected chi connectivity index (χ1v) is 23.4. The zero-order valence-electron chi connectivity index (χ0n) is 41.0. The van der Waals surface area contributed by atoms with Gasteiger partial charge in [0.05, 0.1) is 18.9 Å². The molecule has 14 N–H and O–H groups in total. The maximum Gasteiger partial charge on any atom is 0.243 e. The van der Waals surface area contributed by atoms with E-state index in [-0.39, 0.29) is 56.3 Å². The Bertz CT molecular complexity index is 2260. The number of benzene rings is 1. The zero-order valence-corrected chi connectivity index (χ0v) is 41.0. The lowest BCUT2D eigenvalue weighted by Gasteiger charge is -2.28. The molecule has 2 heterocycles. The molecule has 3 rings (SSSR count). The summed E-state index contributed by atoms with van der Waals surface area (Å²) in [4.78, 5) is 125. The Balaban J connectivity index is 1.68. The second-order valence-corrected chi connectivity index (χ2v) is 18.4. The molecule has 0 spiro atoms. The summed E-state index contributed by atoms with van der Waals surface area (Å²) in [6.45, 7) is 11.9. The molecule has 0 unspecified atom stereocenters. The summed E-state index contributed by atoms with van der Waals surface area (Å²) in [5, 5.41) is 19.6. The van der Waals surface area contributed by atoms with Gasteiger partial charge in [0.1, 0.15) is 30.2 Å². The molecule has 22 nitrogen and oxygen atoms in total. The number of hydrogen-bond acceptors (Lipinski definition) is 11. The second kappa shape index (κ2) is 27.2. The summed E-state index contributed by atoms with van der Waals surface area (Å²) in [6, 6.07) is 0.192. The molecule has 2 aromatic heterocycles. The van der Waals surface area contributed by atoms with E-state index in [9.17, 15) is 43.2 Å². The molecule has 0 fully saturated rings. The van der Waals surface area contributed by atoms with E-state index in [1.165, 1.54) is 6.92 Å². The summed E-state index contributed by atoms with van der Waals surface area (Å²) in [7, 11) is 1.74. The van der Waals surface area contributed by atoms with Gasteiger partial charge in [0.2, 0.25) is 53.2 Å². The third-order valence-corrected chi connectivity index (χ3v) is 11.9. The Hall–Kier alpha value is -6.84. The van der Waals surface area contributed by atoms with Crippen molar-refractivity contribution in [3.05, 3.63) is 54.2 Å². The fraction of sp³-hybridized carbons (Fsp3) is 0.574. The van der Waals surface area contributed by atoms with Crippen LogP contribution in [0.5, 0.6) is 0 Å². The maximum atomic E-state index is 14.0. The molecule has 1 aromatic carbocycles. The van der Waals surface area contributed by atoms with Crippen molar-refractivity contribution in [1.82, 2.24) is 51.8 Å². The van der Waals surface area contributed by atoms with Crippen LogP contribution in [0.2, 0.25) is 0 Å². The average molecular weight is 964 g/mol. The van der Waals surface area contributed by atoms with Crippen molar-refractivity contribution in [2.75, 3.05) is 6.54 Å². The smallest absolute Gasteiger partial charge is 0.243 e. The van der Waals surface area contributed by atoms with E-state index >= 15 is 0 Å². The summed E-state index contributed by atoms with van der Waals surface area (Å²) in [6.07, 6.45) is 5.95. The first kappa shape index (κ1) is 56.5. The van der Waals surface area contributed by atoms with Gasteiger partial charge in [-0.05, 0) is 55.6 Å². The highest BCUT2D eigenvalue weighted by atomic mass is 16.2. The van der Waals surface area contributed by atoms with E-state index in [2.05, 4.69) is 47.2 Å². The van der Waals surface area contributed by atoms with Crippen LogP contribution >= 0.6 is 0 Å². The van der Waals surface area contributed by atoms with Gasteiger partial charge in [-0.25, -0.2) is 4.98 Å². The van der Waals surface area contributed by atoms with Crippen molar-refractivity contribution < 1.29 is 43.2 Å². The molecule has 3 aromatic rings. The van der Waals surface area contributed by atoms with Gasteiger partial charge in [-0.15, -0.1) is 0 Å². The second-order valence-electron chi connectivity index (χ2n) is 18.4. The molecule has 0 saturated heterocycles. The highest BCUT2D eigenvalue weighted by Gasteiger charge is 2.32. The van der Waals surface area contributed by atoms with Crippen molar-refractivity contribution in [2.45, 2.75) is 142 Å². The molecular formula is C47H73N13O9. The molecule has 0 bridgehead atoms. The predicted molar refractivity (Wildman–Crippen MR) is 258 cm³/mol. The van der Waals surface area contributed by atoms with E-state index in [0.717, 1.165) is 10.9 Å². The lowest BCUT2D eigenvalue weighted by molar-refractivity contribution is -0.134. The van der Waals surface area contributed by atoms with Crippen molar-refractivity contribution in [3.63, 3.8) is 0 Å². The molecule has 9 amide bonds. The summed E-state index contributed by atoms with van der Waals surface area (Å²) in [5.41, 5.74) is 18.9. The maximum absolute atomic E-state index is 14.0. The van der Waals surface area contributed by atoms with Crippen LogP contribution < -0.4 is 54.4 Å². The number of fused-ring (bicyclic) bond motifs is 1. The number of hydrogen-bond donors (Lipinski definition) is 11. The lowest BCUT2D eigenvalue weighted by Crippen LogP contribution is -2.58. The Morgan fingerprint density at radius 3 is 1.99 bits per heavy atom. The number of imidazole rings is 1. The highest BCUT2D eigenvalue weighted by molar-refractivity contribution is 5.96. The fourth-order valence-electron chi connectivity index (χ4n) is 7.49. The Kier molecular flexibility index (Phi) is 22.3. The molecule has 0 aliphatic heterocycles. The molecular weight excluding hydrogens is 891 g/mol. The number of para-hydroxylation sites is 1. The topological polar surface area (TPSA) is 350 Å². The number of amides is 9. The number of primary amides is 2. The van der Waals surface area contributed by atoms with Crippen LogP contribution in [0.1, 0.15) is 98.2 Å². The number of carbonyl (C=O) groups excluding carboxylic acids is 9. The van der Waals surface area contributed by atoms with Crippen LogP contribution in [0.15, 0.2) is 43.0 Å². The first-order valence-electron chi connectivity index (χ1n) is 23.4. The molecule has 0 aliphatic rings. The minimum Gasteiger partial charge on any atom is -0.370 e. The number of nitrogens with two attached hydrogens (primary N) is 3. The Morgan fingerprint density at radius 2 is 1.38 bits per heavy atom. The number of aryl methyl sites for hydroxylation is 1. The minimum absolute atomic E-state index is 0.00116. The summed E-state index contributed by atoms with van der Waals surface area (Å²) in [5.74, 6) is -6.23. The van der Waals surface area contributed by atoms with Crippen LogP contribution in [0.25, 0.3) is 10.9 Å².